The summed E-state index contributed by atoms with van der Waals surface area (Å²) in [7, 11) is 0. The van der Waals surface area contributed by atoms with E-state index >= 15 is 4.79 Å². The smallest absolute Gasteiger partial charge is 0.338 e. The molecule has 10 atom stereocenters. The molecule has 0 aromatic heterocycles. The van der Waals surface area contributed by atoms with Gasteiger partial charge < -0.3 is 44.3 Å². The number of hydrogen-bond donors (Lipinski definition) is 4. The molecule has 0 unspecified atom stereocenters. The van der Waals surface area contributed by atoms with Gasteiger partial charge in [0, 0.05) is 37.7 Å². The van der Waals surface area contributed by atoms with Gasteiger partial charge >= 0.3 is 23.9 Å². The summed E-state index contributed by atoms with van der Waals surface area (Å²) < 4.78 is 30.1. The Hall–Kier alpha value is -4.96. The first kappa shape index (κ1) is 41.2. The number of esters is 4. The third kappa shape index (κ3) is 6.33. The lowest BCUT2D eigenvalue weighted by Gasteiger charge is -2.67. The summed E-state index contributed by atoms with van der Waals surface area (Å²) >= 11 is 0. The van der Waals surface area contributed by atoms with Gasteiger partial charge in [0.15, 0.2) is 23.6 Å². The summed E-state index contributed by atoms with van der Waals surface area (Å²) in [4.78, 5) is 82.4. The van der Waals surface area contributed by atoms with Crippen LogP contribution in [0.1, 0.15) is 87.9 Å². The van der Waals surface area contributed by atoms with Crippen LogP contribution in [0.5, 0.6) is 0 Å². The monoisotopic (exact) mass is 803 g/mol. The molecule has 1 saturated heterocycles. The predicted octanol–water partition coefficient (Wildman–Crippen LogP) is 2.53. The molecule has 5 aliphatic rings. The van der Waals surface area contributed by atoms with Gasteiger partial charge in [-0.25, -0.2) is 9.59 Å². The Balaban J connectivity index is 1.37. The van der Waals surface area contributed by atoms with E-state index in [1.807, 2.05) is 0 Å². The van der Waals surface area contributed by atoms with Crippen LogP contribution in [0.4, 0.5) is 0 Å². The summed E-state index contributed by atoms with van der Waals surface area (Å²) in [6, 6.07) is 16.1. The number of carbonyl (C=O) groups is 6. The number of hydrogen-bond acceptors (Lipinski definition) is 14. The van der Waals surface area contributed by atoms with E-state index in [2.05, 4.69) is 5.32 Å². The highest BCUT2D eigenvalue weighted by molar-refractivity contribution is 5.96. The van der Waals surface area contributed by atoms with E-state index in [0.717, 1.165) is 13.8 Å². The van der Waals surface area contributed by atoms with E-state index < -0.39 is 112 Å². The molecule has 310 valence electrons. The van der Waals surface area contributed by atoms with E-state index in [-0.39, 0.29) is 42.6 Å². The Morgan fingerprint density at radius 2 is 1.48 bits per heavy atom. The first-order chi connectivity index (χ1) is 27.2. The molecule has 15 nitrogen and oxygen atoms in total. The van der Waals surface area contributed by atoms with Crippen molar-refractivity contribution in [2.24, 2.45) is 16.7 Å². The molecule has 4 fully saturated rings. The SMILES string of the molecule is CC(=O)O[C@H]1C(=O)[C@]2(C)[C@H](O)C[C@H]3OC[C@@]3(OC(C)=O)[C@H]2[C@H](OC(=O)c2ccccc2)[C@]2(O)C[C@H](OC(=O)[C@H](O)C3(NC(=O)c4ccccc4)CC3)C(C)=C1C2(C)C. The van der Waals surface area contributed by atoms with Crippen LogP contribution in [0.2, 0.25) is 0 Å². The molecule has 1 amide bonds. The average molecular weight is 804 g/mol. The molecule has 2 aromatic carbocycles. The van der Waals surface area contributed by atoms with Gasteiger partial charge in [-0.05, 0) is 62.1 Å². The van der Waals surface area contributed by atoms with Gasteiger partial charge in [0.2, 0.25) is 0 Å². The Bertz CT molecular complexity index is 2060. The number of amides is 1. The molecule has 15 heteroatoms. The van der Waals surface area contributed by atoms with Crippen LogP contribution in [-0.4, -0.2) is 111 Å². The lowest BCUT2D eigenvalue weighted by atomic mass is 9.44. The number of aliphatic hydroxyl groups is 3. The lowest BCUT2D eigenvalue weighted by Crippen LogP contribution is -2.82. The van der Waals surface area contributed by atoms with Crippen molar-refractivity contribution < 1.29 is 67.8 Å². The minimum atomic E-state index is -2.35. The summed E-state index contributed by atoms with van der Waals surface area (Å²) in [5.74, 6) is -6.60. The molecular formula is C43H49NO14. The summed E-state index contributed by atoms with van der Waals surface area (Å²) in [6.45, 7) is 8.03. The van der Waals surface area contributed by atoms with E-state index in [1.165, 1.54) is 26.0 Å². The van der Waals surface area contributed by atoms with Gasteiger partial charge in [0.25, 0.3) is 5.91 Å². The number of nitrogens with one attached hydrogen (secondary N) is 1. The van der Waals surface area contributed by atoms with Gasteiger partial charge in [0.05, 0.1) is 35.1 Å². The van der Waals surface area contributed by atoms with Crippen LogP contribution in [0, 0.1) is 16.7 Å². The third-order valence-electron chi connectivity index (χ3n) is 13.4. The second kappa shape index (κ2) is 14.4. The van der Waals surface area contributed by atoms with Crippen LogP contribution in [0.15, 0.2) is 71.8 Å². The van der Waals surface area contributed by atoms with Crippen molar-refractivity contribution in [3.63, 3.8) is 0 Å². The Kier molecular flexibility index (Phi) is 10.2. The molecule has 2 aromatic rings. The van der Waals surface area contributed by atoms with Crippen molar-refractivity contribution in [1.29, 1.82) is 0 Å². The fourth-order valence-corrected chi connectivity index (χ4v) is 9.94. The maximum Gasteiger partial charge on any atom is 0.338 e. The number of rotatable bonds is 9. The second-order valence-electron chi connectivity index (χ2n) is 17.1. The standard InChI is InChI=1S/C43H49NO14/c1-22-27(56-38(52)34(49)41(17-18-41)44-36(50)25-13-9-7-10-14-25)20-43(53)35(57-37(51)26-15-11-8-12-16-26)32-40(6,28(47)19-29-42(32,21-54-29)58-24(3)46)33(48)31(55-23(2)45)30(22)39(43,4)5/h7-16,27-29,31-32,34-35,47,49,53H,17-21H2,1-6H3,(H,44,50)/t27-,28+,29+,31+,32-,34-,35-,40+,42-,43+/m0/s1. The van der Waals surface area contributed by atoms with Gasteiger partial charge in [-0.1, -0.05) is 50.2 Å². The van der Waals surface area contributed by atoms with Gasteiger partial charge in [0.1, 0.15) is 23.9 Å². The van der Waals surface area contributed by atoms with Crippen LogP contribution in [0.25, 0.3) is 0 Å². The molecule has 2 bridgehead atoms. The Labute approximate surface area is 335 Å². The van der Waals surface area contributed by atoms with Crippen molar-refractivity contribution in [2.45, 2.75) is 121 Å². The summed E-state index contributed by atoms with van der Waals surface area (Å²) in [5.41, 5.74) is -8.49. The maximum atomic E-state index is 15.4. The Morgan fingerprint density at radius 3 is 2.02 bits per heavy atom. The molecule has 3 saturated carbocycles. The van der Waals surface area contributed by atoms with Crippen LogP contribution >= 0.6 is 0 Å². The summed E-state index contributed by atoms with van der Waals surface area (Å²) in [6.07, 6.45) is -9.61. The zero-order valence-corrected chi connectivity index (χ0v) is 33.2. The molecule has 1 heterocycles. The van der Waals surface area contributed by atoms with E-state index in [1.54, 1.807) is 62.4 Å². The largest absolute Gasteiger partial charge is 0.456 e. The van der Waals surface area contributed by atoms with Crippen molar-refractivity contribution in [3.8, 4) is 0 Å². The fourth-order valence-electron chi connectivity index (χ4n) is 9.94. The van der Waals surface area contributed by atoms with Crippen molar-refractivity contribution in [3.05, 3.63) is 82.9 Å². The number of ether oxygens (including phenoxy) is 5. The molecule has 4 aliphatic carbocycles. The highest BCUT2D eigenvalue weighted by Gasteiger charge is 2.78. The second-order valence-corrected chi connectivity index (χ2v) is 17.1. The molecule has 0 spiro atoms. The Morgan fingerprint density at radius 1 is 0.879 bits per heavy atom. The van der Waals surface area contributed by atoms with Crippen LogP contribution in [0.3, 0.4) is 0 Å². The lowest BCUT2D eigenvalue weighted by molar-refractivity contribution is -0.346. The number of benzene rings is 2. The zero-order chi connectivity index (χ0) is 42.2. The van der Waals surface area contributed by atoms with Crippen LogP contribution < -0.4 is 5.32 Å². The number of ketones is 1. The minimum Gasteiger partial charge on any atom is -0.456 e. The normalized spacial score (nSPS) is 34.6. The predicted molar refractivity (Wildman–Crippen MR) is 200 cm³/mol. The maximum absolute atomic E-state index is 15.4. The fraction of sp³-hybridized carbons (Fsp3) is 0.535. The van der Waals surface area contributed by atoms with Gasteiger partial charge in [-0.2, -0.15) is 0 Å². The van der Waals surface area contributed by atoms with Crippen molar-refractivity contribution in [2.75, 3.05) is 6.61 Å². The van der Waals surface area contributed by atoms with Crippen molar-refractivity contribution in [1.82, 2.24) is 5.32 Å². The molecule has 0 radical (unpaired) electrons. The number of carbonyl (C=O) groups excluding carboxylic acids is 6. The minimum absolute atomic E-state index is 0.0217. The molecule has 1 aliphatic heterocycles. The van der Waals surface area contributed by atoms with E-state index in [0.29, 0.717) is 5.56 Å². The summed E-state index contributed by atoms with van der Waals surface area (Å²) in [5, 5.41) is 39.8. The highest BCUT2D eigenvalue weighted by atomic mass is 16.6. The molecular weight excluding hydrogens is 754 g/mol. The highest BCUT2D eigenvalue weighted by Crippen LogP contribution is 2.64. The van der Waals surface area contributed by atoms with Crippen LogP contribution in [-0.2, 0) is 42.9 Å². The van der Waals surface area contributed by atoms with E-state index in [9.17, 15) is 39.3 Å². The number of fused-ring (bicyclic) bond motifs is 5. The molecule has 4 N–H and O–H groups in total. The average Bonchev–Trinajstić information content (AvgIpc) is 3.96. The molecule has 7 rings (SSSR count). The first-order valence-corrected chi connectivity index (χ1v) is 19.4. The third-order valence-corrected chi connectivity index (χ3v) is 13.4. The number of Topliss-reactive ketones (excluding diaryl/α,β-unsaturated/α-hetero) is 1. The topological polar surface area (TPSA) is 221 Å². The van der Waals surface area contributed by atoms with Gasteiger partial charge in [-0.3, -0.25) is 19.2 Å². The van der Waals surface area contributed by atoms with E-state index in [4.69, 9.17) is 23.7 Å². The van der Waals surface area contributed by atoms with Crippen molar-refractivity contribution >= 4 is 35.6 Å². The number of aliphatic hydroxyl groups excluding tert-OH is 2. The zero-order valence-electron chi connectivity index (χ0n) is 33.2. The van der Waals surface area contributed by atoms with Gasteiger partial charge in [-0.15, -0.1) is 0 Å². The quantitative estimate of drug-likeness (QED) is 0.163. The first-order valence-electron chi connectivity index (χ1n) is 19.4. The molecule has 58 heavy (non-hydrogen) atoms.